The van der Waals surface area contributed by atoms with Crippen LogP contribution in [0, 0.1) is 0 Å². The van der Waals surface area contributed by atoms with E-state index >= 15 is 0 Å². The van der Waals surface area contributed by atoms with Crippen LogP contribution in [0.5, 0.6) is 0 Å². The van der Waals surface area contributed by atoms with E-state index in [9.17, 15) is 9.59 Å². The Balaban J connectivity index is 1.45. The van der Waals surface area contributed by atoms with Crippen LogP contribution in [0.2, 0.25) is 0 Å². The van der Waals surface area contributed by atoms with Crippen LogP contribution >= 0.6 is 11.3 Å². The largest absolute Gasteiger partial charge is 0.478 e. The molecule has 0 aliphatic rings. The third kappa shape index (κ3) is 5.01. The number of aromatic carboxylic acids is 1. The maximum atomic E-state index is 12.3. The summed E-state index contributed by atoms with van der Waals surface area (Å²) in [5.74, 6) is 0.149. The topological polar surface area (TPSA) is 96.5 Å². The molecule has 0 aliphatic heterocycles. The molecule has 0 aliphatic carbocycles. The summed E-state index contributed by atoms with van der Waals surface area (Å²) in [4.78, 5) is 30.1. The number of carbonyl (C=O) groups is 2. The Hall–Kier alpha value is -3.00. The lowest BCUT2D eigenvalue weighted by molar-refractivity contribution is -0.130. The molecule has 8 heteroatoms. The molecule has 27 heavy (non-hydrogen) atoms. The van der Waals surface area contributed by atoms with Crippen molar-refractivity contribution in [2.24, 2.45) is 0 Å². The normalized spacial score (nSPS) is 10.7. The molecule has 2 heterocycles. The summed E-state index contributed by atoms with van der Waals surface area (Å²) in [6.45, 7) is 0.432. The third-order valence-electron chi connectivity index (χ3n) is 4.04. The lowest BCUT2D eigenvalue weighted by Gasteiger charge is -2.17. The fraction of sp³-hybridized carbons (Fsp3) is 0.263. The fourth-order valence-corrected chi connectivity index (χ4v) is 3.21. The van der Waals surface area contributed by atoms with Gasteiger partial charge in [0, 0.05) is 26.4 Å². The number of aryl methyl sites for hydroxylation is 1. The zero-order valence-electron chi connectivity index (χ0n) is 14.8. The van der Waals surface area contributed by atoms with E-state index in [1.54, 1.807) is 35.4 Å². The highest BCUT2D eigenvalue weighted by Gasteiger charge is 2.13. The molecule has 0 unspecified atom stereocenters. The first kappa shape index (κ1) is 18.8. The maximum absolute atomic E-state index is 12.3. The fourth-order valence-electron chi connectivity index (χ4n) is 2.56. The Morgan fingerprint density at radius 2 is 2.00 bits per heavy atom. The first-order chi connectivity index (χ1) is 13.0. The van der Waals surface area contributed by atoms with Crippen molar-refractivity contribution >= 4 is 23.2 Å². The van der Waals surface area contributed by atoms with E-state index in [2.05, 4.69) is 10.1 Å². The molecule has 0 fully saturated rings. The molecule has 0 bridgehead atoms. The Bertz CT molecular complexity index is 903. The second kappa shape index (κ2) is 8.59. The molecule has 1 aromatic carbocycles. The van der Waals surface area contributed by atoms with Crippen LogP contribution in [0.4, 0.5) is 0 Å². The van der Waals surface area contributed by atoms with Crippen molar-refractivity contribution in [3.05, 3.63) is 58.8 Å². The Labute approximate surface area is 160 Å². The van der Waals surface area contributed by atoms with Crippen molar-refractivity contribution in [3.63, 3.8) is 0 Å². The van der Waals surface area contributed by atoms with Crippen molar-refractivity contribution in [1.29, 1.82) is 0 Å². The van der Waals surface area contributed by atoms with E-state index < -0.39 is 5.97 Å². The number of amides is 1. The first-order valence-electron chi connectivity index (χ1n) is 8.45. The molecule has 2 aromatic heterocycles. The Morgan fingerprint density at radius 3 is 2.67 bits per heavy atom. The Morgan fingerprint density at radius 1 is 1.22 bits per heavy atom. The number of rotatable bonds is 8. The standard InChI is InChI=1S/C19H19N3O4S/c1-22(12-13-7-9-14(10-8-13)19(24)25)17(23)6-2-5-16-20-18(21-26-16)15-4-3-11-27-15/h3-4,7-11H,2,5-6,12H2,1H3,(H,24,25). The van der Waals surface area contributed by atoms with Crippen LogP contribution in [0.3, 0.4) is 0 Å². The van der Waals surface area contributed by atoms with Gasteiger partial charge in [-0.05, 0) is 35.6 Å². The number of carboxylic acids is 1. The van der Waals surface area contributed by atoms with Gasteiger partial charge in [0.1, 0.15) is 0 Å². The second-order valence-electron chi connectivity index (χ2n) is 6.09. The highest BCUT2D eigenvalue weighted by molar-refractivity contribution is 7.13. The van der Waals surface area contributed by atoms with Crippen LogP contribution < -0.4 is 0 Å². The molecule has 0 spiro atoms. The minimum absolute atomic E-state index is 0.00954. The SMILES string of the molecule is CN(Cc1ccc(C(=O)O)cc1)C(=O)CCCc1nc(-c2cccs2)no1. The van der Waals surface area contributed by atoms with E-state index in [1.165, 1.54) is 12.1 Å². The molecule has 3 rings (SSSR count). The van der Waals surface area contributed by atoms with Gasteiger partial charge in [0.15, 0.2) is 0 Å². The monoisotopic (exact) mass is 385 g/mol. The molecule has 140 valence electrons. The van der Waals surface area contributed by atoms with Gasteiger partial charge in [-0.2, -0.15) is 4.98 Å². The Kier molecular flexibility index (Phi) is 5.97. The van der Waals surface area contributed by atoms with Gasteiger partial charge in [-0.15, -0.1) is 11.3 Å². The zero-order valence-corrected chi connectivity index (χ0v) is 15.6. The van der Waals surface area contributed by atoms with Gasteiger partial charge in [0.25, 0.3) is 0 Å². The highest BCUT2D eigenvalue weighted by Crippen LogP contribution is 2.21. The molecule has 7 nitrogen and oxygen atoms in total. The number of hydrogen-bond donors (Lipinski definition) is 1. The van der Waals surface area contributed by atoms with Gasteiger partial charge in [0.2, 0.25) is 17.6 Å². The molecular formula is C19H19N3O4S. The van der Waals surface area contributed by atoms with Crippen LogP contribution in [0.15, 0.2) is 46.3 Å². The number of carboxylic acid groups (broad SMARTS) is 1. The first-order valence-corrected chi connectivity index (χ1v) is 9.33. The van der Waals surface area contributed by atoms with Crippen molar-refractivity contribution in [2.45, 2.75) is 25.8 Å². The van der Waals surface area contributed by atoms with Gasteiger partial charge in [-0.25, -0.2) is 4.79 Å². The van der Waals surface area contributed by atoms with Crippen molar-refractivity contribution < 1.29 is 19.2 Å². The highest BCUT2D eigenvalue weighted by atomic mass is 32.1. The van der Waals surface area contributed by atoms with Crippen LogP contribution in [-0.4, -0.2) is 39.1 Å². The minimum atomic E-state index is -0.964. The smallest absolute Gasteiger partial charge is 0.335 e. The van der Waals surface area contributed by atoms with Gasteiger partial charge in [-0.3, -0.25) is 4.79 Å². The van der Waals surface area contributed by atoms with E-state index in [0.717, 1.165) is 10.4 Å². The van der Waals surface area contributed by atoms with Crippen molar-refractivity contribution in [1.82, 2.24) is 15.0 Å². The van der Waals surface area contributed by atoms with Crippen LogP contribution in [0.1, 0.15) is 34.7 Å². The molecule has 0 atom stereocenters. The molecule has 0 saturated heterocycles. The molecule has 0 radical (unpaired) electrons. The summed E-state index contributed by atoms with van der Waals surface area (Å²) < 4.78 is 5.23. The number of nitrogens with zero attached hydrogens (tertiary/aromatic N) is 3. The number of aromatic nitrogens is 2. The van der Waals surface area contributed by atoms with E-state index in [0.29, 0.717) is 37.5 Å². The average molecular weight is 385 g/mol. The van der Waals surface area contributed by atoms with E-state index in [4.69, 9.17) is 9.63 Å². The molecule has 1 N–H and O–H groups in total. The molecule has 0 saturated carbocycles. The lowest BCUT2D eigenvalue weighted by atomic mass is 10.1. The average Bonchev–Trinajstić information content (AvgIpc) is 3.33. The predicted octanol–water partition coefficient (Wildman–Crippen LogP) is 3.48. The van der Waals surface area contributed by atoms with Gasteiger partial charge in [0.05, 0.1) is 10.4 Å². The van der Waals surface area contributed by atoms with Crippen LogP contribution in [0.25, 0.3) is 10.7 Å². The van der Waals surface area contributed by atoms with E-state index in [-0.39, 0.29) is 11.5 Å². The number of benzene rings is 1. The van der Waals surface area contributed by atoms with E-state index in [1.807, 2.05) is 17.5 Å². The molecule has 3 aromatic rings. The maximum Gasteiger partial charge on any atom is 0.335 e. The summed E-state index contributed by atoms with van der Waals surface area (Å²) in [7, 11) is 1.73. The number of thiophene rings is 1. The molecular weight excluding hydrogens is 366 g/mol. The summed E-state index contributed by atoms with van der Waals surface area (Å²) in [5.41, 5.74) is 1.11. The zero-order chi connectivity index (χ0) is 19.2. The minimum Gasteiger partial charge on any atom is -0.478 e. The number of hydrogen-bond acceptors (Lipinski definition) is 6. The second-order valence-corrected chi connectivity index (χ2v) is 7.04. The predicted molar refractivity (Wildman–Crippen MR) is 100 cm³/mol. The van der Waals surface area contributed by atoms with Crippen molar-refractivity contribution in [2.75, 3.05) is 7.05 Å². The van der Waals surface area contributed by atoms with Gasteiger partial charge >= 0.3 is 5.97 Å². The summed E-state index contributed by atoms with van der Waals surface area (Å²) >= 11 is 1.55. The molecule has 1 amide bonds. The number of carbonyl (C=O) groups excluding carboxylic acids is 1. The summed E-state index contributed by atoms with van der Waals surface area (Å²) in [6, 6.07) is 10.4. The van der Waals surface area contributed by atoms with Gasteiger partial charge in [-0.1, -0.05) is 23.4 Å². The quantitative estimate of drug-likeness (QED) is 0.638. The summed E-state index contributed by atoms with van der Waals surface area (Å²) in [5, 5.41) is 14.8. The lowest BCUT2D eigenvalue weighted by Crippen LogP contribution is -2.26. The van der Waals surface area contributed by atoms with Gasteiger partial charge < -0.3 is 14.5 Å². The third-order valence-corrected chi connectivity index (χ3v) is 4.90. The van der Waals surface area contributed by atoms with Crippen molar-refractivity contribution in [3.8, 4) is 10.7 Å². The summed E-state index contributed by atoms with van der Waals surface area (Å²) in [6.07, 6.45) is 1.54. The van der Waals surface area contributed by atoms with Crippen LogP contribution in [-0.2, 0) is 17.8 Å².